The molecule has 172 valence electrons. The van der Waals surface area contributed by atoms with Gasteiger partial charge in [0.15, 0.2) is 5.78 Å². The van der Waals surface area contributed by atoms with Gasteiger partial charge in [-0.3, -0.25) is 9.59 Å². The first kappa shape index (κ1) is 22.3. The number of fused-ring (bicyclic) bond motifs is 1. The fourth-order valence-electron chi connectivity index (χ4n) is 4.74. The lowest BCUT2D eigenvalue weighted by molar-refractivity contribution is -0.136. The maximum absolute atomic E-state index is 13.3. The summed E-state index contributed by atoms with van der Waals surface area (Å²) in [7, 11) is 1.65. The molecule has 1 amide bonds. The highest BCUT2D eigenvalue weighted by molar-refractivity contribution is 8.03. The smallest absolute Gasteiger partial charge is 0.244 e. The number of hydrogen-bond acceptors (Lipinski definition) is 6. The number of methoxy groups -OCH3 is 1. The molecule has 1 atom stereocenters. The van der Waals surface area contributed by atoms with Gasteiger partial charge in [0, 0.05) is 5.56 Å². The number of amides is 1. The summed E-state index contributed by atoms with van der Waals surface area (Å²) in [6, 6.07) is 15.9. The van der Waals surface area contributed by atoms with Crippen LogP contribution in [0.4, 0.5) is 0 Å². The number of carbonyl (C=O) groups excluding carboxylic acids is 2. The number of thioether (sulfide) groups is 1. The summed E-state index contributed by atoms with van der Waals surface area (Å²) in [6.45, 7) is 1.93. The third kappa shape index (κ3) is 4.03. The Kier molecular flexibility index (Phi) is 6.12. The predicted octanol–water partition coefficient (Wildman–Crippen LogP) is 4.44. The molecule has 0 aliphatic carbocycles. The first-order chi connectivity index (χ1) is 16.0. The highest BCUT2D eigenvalue weighted by Crippen LogP contribution is 2.48. The quantitative estimate of drug-likeness (QED) is 0.412. The molecule has 2 aliphatic heterocycles. The zero-order valence-electron chi connectivity index (χ0n) is 18.3. The number of alkyl halides is 1. The average molecular weight is 485 g/mol. The Balaban J connectivity index is 1.48. The van der Waals surface area contributed by atoms with E-state index in [4.69, 9.17) is 20.8 Å². The number of halogens is 1. The monoisotopic (exact) mass is 484 g/mol. The maximum atomic E-state index is 13.3. The number of Topliss-reactive ketones (excluding diaryl/α,β-unsaturated/α-hetero) is 1. The zero-order chi connectivity index (χ0) is 23.0. The summed E-state index contributed by atoms with van der Waals surface area (Å²) >= 11 is 7.26. The molecule has 1 aromatic heterocycles. The van der Waals surface area contributed by atoms with Gasteiger partial charge in [0.1, 0.15) is 22.5 Å². The van der Waals surface area contributed by atoms with Crippen LogP contribution in [0.5, 0.6) is 5.75 Å². The van der Waals surface area contributed by atoms with E-state index in [-0.39, 0.29) is 17.6 Å². The number of benzene rings is 2. The molecule has 1 spiro atoms. The Morgan fingerprint density at radius 1 is 1.24 bits per heavy atom. The summed E-state index contributed by atoms with van der Waals surface area (Å²) in [5.74, 6) is 1.60. The molecule has 6 nitrogen and oxygen atoms in total. The Bertz CT molecular complexity index is 1200. The Morgan fingerprint density at radius 2 is 2.03 bits per heavy atom. The largest absolute Gasteiger partial charge is 0.497 e. The second-order valence-corrected chi connectivity index (χ2v) is 10.1. The van der Waals surface area contributed by atoms with Crippen LogP contribution in [0.3, 0.4) is 0 Å². The summed E-state index contributed by atoms with van der Waals surface area (Å²) < 4.78 is 11.7. The molecule has 2 aromatic carbocycles. The number of ketones is 1. The van der Waals surface area contributed by atoms with Crippen molar-refractivity contribution < 1.29 is 18.7 Å². The van der Waals surface area contributed by atoms with Crippen molar-refractivity contribution in [2.24, 2.45) is 0 Å². The third-order valence-corrected chi connectivity index (χ3v) is 8.47. The minimum absolute atomic E-state index is 0.153. The van der Waals surface area contributed by atoms with E-state index in [0.717, 1.165) is 48.0 Å². The molecule has 1 unspecified atom stereocenters. The molecule has 33 heavy (non-hydrogen) atoms. The summed E-state index contributed by atoms with van der Waals surface area (Å²) in [5, 5.41) is 4.74. The maximum Gasteiger partial charge on any atom is 0.244 e. The van der Waals surface area contributed by atoms with Crippen LogP contribution in [-0.4, -0.2) is 52.8 Å². The zero-order valence-corrected chi connectivity index (χ0v) is 19.9. The number of nitrogens with one attached hydrogen (secondary N) is 1. The predicted molar refractivity (Wildman–Crippen MR) is 131 cm³/mol. The first-order valence-corrected chi connectivity index (χ1v) is 12.4. The van der Waals surface area contributed by atoms with E-state index in [9.17, 15) is 9.59 Å². The van der Waals surface area contributed by atoms with Gasteiger partial charge in [-0.25, -0.2) is 0 Å². The molecule has 1 N–H and O–H groups in total. The molecule has 3 heterocycles. The number of nitrogens with zero attached hydrogens (tertiary/aromatic N) is 1. The summed E-state index contributed by atoms with van der Waals surface area (Å²) in [4.78, 5) is 27.1. The van der Waals surface area contributed by atoms with Crippen LogP contribution < -0.4 is 10.1 Å². The van der Waals surface area contributed by atoms with Gasteiger partial charge < -0.3 is 19.4 Å². The van der Waals surface area contributed by atoms with E-state index in [1.54, 1.807) is 7.11 Å². The number of furan rings is 1. The summed E-state index contributed by atoms with van der Waals surface area (Å²) in [5.41, 5.74) is 0.935. The lowest BCUT2D eigenvalue weighted by atomic mass is 10.0. The summed E-state index contributed by atoms with van der Waals surface area (Å²) in [6.07, 6.45) is 1.56. The van der Waals surface area contributed by atoms with Crippen LogP contribution in [0.2, 0.25) is 0 Å². The van der Waals surface area contributed by atoms with Crippen molar-refractivity contribution in [3.8, 4) is 17.1 Å². The van der Waals surface area contributed by atoms with Gasteiger partial charge in [-0.05, 0) is 61.0 Å². The van der Waals surface area contributed by atoms with Crippen molar-refractivity contribution in [2.75, 3.05) is 26.1 Å². The molecular weight excluding hydrogens is 460 g/mol. The van der Waals surface area contributed by atoms with E-state index in [0.29, 0.717) is 18.1 Å². The topological polar surface area (TPSA) is 71.8 Å². The number of carbonyl (C=O) groups is 2. The van der Waals surface area contributed by atoms with E-state index < -0.39 is 10.1 Å². The lowest BCUT2D eigenvalue weighted by Gasteiger charge is -2.40. The van der Waals surface area contributed by atoms with E-state index in [1.807, 2.05) is 47.4 Å². The van der Waals surface area contributed by atoms with E-state index >= 15 is 0 Å². The van der Waals surface area contributed by atoms with E-state index in [2.05, 4.69) is 11.4 Å². The SMILES string of the molecule is COc1cc(-c2ccc(CN3C(=O)C(C(=O)CCl)SC34CCNCC4)o2)c2ccccc2c1. The van der Waals surface area contributed by atoms with Crippen molar-refractivity contribution in [1.82, 2.24) is 10.2 Å². The van der Waals surface area contributed by atoms with Gasteiger partial charge in [-0.15, -0.1) is 23.4 Å². The van der Waals surface area contributed by atoms with Crippen molar-refractivity contribution in [3.05, 3.63) is 54.3 Å². The van der Waals surface area contributed by atoms with Gasteiger partial charge in [0.2, 0.25) is 5.91 Å². The average Bonchev–Trinajstić information content (AvgIpc) is 3.42. The lowest BCUT2D eigenvalue weighted by Crippen LogP contribution is -2.50. The van der Waals surface area contributed by atoms with Crippen LogP contribution in [0, 0.1) is 0 Å². The Hall–Kier alpha value is -2.48. The van der Waals surface area contributed by atoms with Crippen LogP contribution in [0.15, 0.2) is 52.9 Å². The number of hydrogen-bond donors (Lipinski definition) is 1. The second-order valence-electron chi connectivity index (χ2n) is 8.38. The Labute approximate surface area is 201 Å². The van der Waals surface area contributed by atoms with Crippen LogP contribution in [0.1, 0.15) is 18.6 Å². The van der Waals surface area contributed by atoms with Gasteiger partial charge in [-0.1, -0.05) is 24.3 Å². The highest BCUT2D eigenvalue weighted by atomic mass is 35.5. The Morgan fingerprint density at radius 3 is 2.79 bits per heavy atom. The van der Waals surface area contributed by atoms with Crippen LogP contribution >= 0.6 is 23.4 Å². The normalized spacial score (nSPS) is 20.0. The number of rotatable bonds is 6. The fraction of sp³-hybridized carbons (Fsp3) is 0.360. The standard InChI is InChI=1S/C25H25ClN2O4S/c1-31-18-12-16-4-2-3-5-19(16)20(13-18)22-7-6-17(32-22)15-28-24(30)23(21(29)14-26)33-25(28)8-10-27-11-9-25/h2-7,12-13,23,27H,8-11,14-15H2,1H3. The highest BCUT2D eigenvalue weighted by Gasteiger charge is 2.54. The van der Waals surface area contributed by atoms with Gasteiger partial charge in [0.05, 0.1) is 24.4 Å². The van der Waals surface area contributed by atoms with Crippen LogP contribution in [-0.2, 0) is 16.1 Å². The van der Waals surface area contributed by atoms with Crippen molar-refractivity contribution in [1.29, 1.82) is 0 Å². The molecule has 0 radical (unpaired) electrons. The fourth-order valence-corrected chi connectivity index (χ4v) is 6.59. The van der Waals surface area contributed by atoms with Crippen molar-refractivity contribution in [3.63, 3.8) is 0 Å². The minimum atomic E-state index is -0.739. The number of ether oxygens (including phenoxy) is 1. The van der Waals surface area contributed by atoms with E-state index in [1.165, 1.54) is 11.8 Å². The minimum Gasteiger partial charge on any atom is -0.497 e. The first-order valence-electron chi connectivity index (χ1n) is 11.0. The molecule has 0 bridgehead atoms. The van der Waals surface area contributed by atoms with Crippen molar-refractivity contribution in [2.45, 2.75) is 29.5 Å². The third-order valence-electron chi connectivity index (χ3n) is 6.44. The van der Waals surface area contributed by atoms with Gasteiger partial charge >= 0.3 is 0 Å². The molecule has 2 aliphatic rings. The molecule has 0 saturated carbocycles. The van der Waals surface area contributed by atoms with Crippen LogP contribution in [0.25, 0.3) is 22.1 Å². The molecule has 2 saturated heterocycles. The molecule has 3 aromatic rings. The van der Waals surface area contributed by atoms with Gasteiger partial charge in [0.25, 0.3) is 0 Å². The van der Waals surface area contributed by atoms with Crippen molar-refractivity contribution >= 4 is 45.8 Å². The molecule has 5 rings (SSSR count). The second kappa shape index (κ2) is 9.05. The molecule has 2 fully saturated rings. The molecule has 8 heteroatoms. The number of piperidine rings is 1. The van der Waals surface area contributed by atoms with Gasteiger partial charge in [-0.2, -0.15) is 0 Å². The molecular formula is C25H25ClN2O4S.